The zero-order chi connectivity index (χ0) is 20.0. The summed E-state index contributed by atoms with van der Waals surface area (Å²) in [4.78, 5) is 7.01. The van der Waals surface area contributed by atoms with Gasteiger partial charge in [-0.15, -0.1) is 24.0 Å². The summed E-state index contributed by atoms with van der Waals surface area (Å²) in [6.07, 6.45) is 4.71. The van der Waals surface area contributed by atoms with Crippen molar-refractivity contribution in [2.24, 2.45) is 10.4 Å². The fraction of sp³-hybridized carbons (Fsp3) is 0.696. The smallest absolute Gasteiger partial charge is 0.193 e. The fourth-order valence-corrected chi connectivity index (χ4v) is 5.27. The van der Waals surface area contributed by atoms with Crippen LogP contribution in [0.2, 0.25) is 0 Å². The van der Waals surface area contributed by atoms with Crippen LogP contribution in [0.25, 0.3) is 0 Å². The standard InChI is InChI=1S/C23H33N3O3.HI/c1-4-28-21-10-16-9-15(2)29-20(16)12-18(21)17-11-19(17)25-22(24-3)26-7-5-23(13-26)6-8-27-14-23;/h10,12,15,17,19H,4-9,11,13-14H2,1-3H3,(H,24,25);1H. The third kappa shape index (κ3) is 4.11. The second-order valence-corrected chi connectivity index (χ2v) is 9.18. The molecule has 0 bridgehead atoms. The lowest BCUT2D eigenvalue weighted by molar-refractivity contribution is 0.156. The molecular weight excluding hydrogens is 493 g/mol. The number of hydrogen-bond acceptors (Lipinski definition) is 4. The maximum absolute atomic E-state index is 6.01. The Kier molecular flexibility index (Phi) is 6.40. The summed E-state index contributed by atoms with van der Waals surface area (Å²) in [5.41, 5.74) is 2.89. The number of guanidine groups is 1. The second-order valence-electron chi connectivity index (χ2n) is 9.18. The van der Waals surface area contributed by atoms with Gasteiger partial charge < -0.3 is 24.4 Å². The molecule has 0 amide bonds. The first-order chi connectivity index (χ1) is 14.1. The van der Waals surface area contributed by atoms with E-state index in [1.165, 1.54) is 24.0 Å². The predicted octanol–water partition coefficient (Wildman–Crippen LogP) is 3.57. The first-order valence-electron chi connectivity index (χ1n) is 11.1. The normalized spacial score (nSPS) is 32.0. The highest BCUT2D eigenvalue weighted by atomic mass is 127. The van der Waals surface area contributed by atoms with Gasteiger partial charge in [0.05, 0.1) is 13.2 Å². The third-order valence-electron chi connectivity index (χ3n) is 6.97. The molecule has 7 heteroatoms. The van der Waals surface area contributed by atoms with Crippen molar-refractivity contribution in [3.05, 3.63) is 23.3 Å². The molecule has 1 aromatic carbocycles. The number of aliphatic imine (C=N–C) groups is 1. The molecule has 3 heterocycles. The van der Waals surface area contributed by atoms with E-state index in [0.717, 1.165) is 56.6 Å². The second kappa shape index (κ2) is 8.73. The molecule has 1 spiro atoms. The molecule has 5 rings (SSSR count). The summed E-state index contributed by atoms with van der Waals surface area (Å²) < 4.78 is 17.7. The highest BCUT2D eigenvalue weighted by Gasteiger charge is 2.45. The number of likely N-dealkylation sites (tertiary alicyclic amines) is 1. The van der Waals surface area contributed by atoms with Crippen molar-refractivity contribution in [1.82, 2.24) is 10.2 Å². The Bertz CT molecular complexity index is 809. The van der Waals surface area contributed by atoms with Crippen molar-refractivity contribution in [2.45, 2.75) is 57.6 Å². The van der Waals surface area contributed by atoms with E-state index in [2.05, 4.69) is 41.2 Å². The SMILES string of the molecule is CCOc1cc2c(cc1C1CC1NC(=NC)N1CCC3(CCOC3)C1)OC(C)C2.I. The number of nitrogens with zero attached hydrogens (tertiary/aromatic N) is 2. The zero-order valence-electron chi connectivity index (χ0n) is 18.3. The van der Waals surface area contributed by atoms with E-state index in [4.69, 9.17) is 14.2 Å². The van der Waals surface area contributed by atoms with Gasteiger partial charge in [-0.1, -0.05) is 0 Å². The summed E-state index contributed by atoms with van der Waals surface area (Å²) in [5, 5.41) is 3.72. The number of fused-ring (bicyclic) bond motifs is 1. The van der Waals surface area contributed by atoms with Gasteiger partial charge in [0.2, 0.25) is 0 Å². The van der Waals surface area contributed by atoms with Crippen molar-refractivity contribution >= 4 is 29.9 Å². The minimum atomic E-state index is 0. The topological polar surface area (TPSA) is 55.3 Å². The molecular formula is C23H34IN3O3. The first kappa shape index (κ1) is 22.0. The molecule has 4 atom stereocenters. The molecule has 0 aromatic heterocycles. The Morgan fingerprint density at radius 1 is 1.37 bits per heavy atom. The van der Waals surface area contributed by atoms with Crippen molar-refractivity contribution < 1.29 is 14.2 Å². The van der Waals surface area contributed by atoms with Crippen LogP contribution < -0.4 is 14.8 Å². The molecule has 1 saturated carbocycles. The van der Waals surface area contributed by atoms with Crippen LogP contribution in [0, 0.1) is 5.41 Å². The molecule has 1 aromatic rings. The molecule has 6 nitrogen and oxygen atoms in total. The van der Waals surface area contributed by atoms with Gasteiger partial charge in [0.1, 0.15) is 17.6 Å². The van der Waals surface area contributed by atoms with E-state index < -0.39 is 0 Å². The molecule has 3 aliphatic heterocycles. The quantitative estimate of drug-likeness (QED) is 0.369. The average Bonchev–Trinajstić information content (AvgIpc) is 3.04. The number of benzene rings is 1. The summed E-state index contributed by atoms with van der Waals surface area (Å²) in [7, 11) is 1.89. The van der Waals surface area contributed by atoms with E-state index >= 15 is 0 Å². The van der Waals surface area contributed by atoms with Crippen molar-refractivity contribution in [3.63, 3.8) is 0 Å². The zero-order valence-corrected chi connectivity index (χ0v) is 20.6. The summed E-state index contributed by atoms with van der Waals surface area (Å²) in [6.45, 7) is 8.79. The van der Waals surface area contributed by atoms with E-state index in [1.54, 1.807) is 0 Å². The van der Waals surface area contributed by atoms with E-state index in [0.29, 0.717) is 24.0 Å². The Morgan fingerprint density at radius 2 is 2.23 bits per heavy atom. The van der Waals surface area contributed by atoms with E-state index in [-0.39, 0.29) is 30.1 Å². The summed E-state index contributed by atoms with van der Waals surface area (Å²) in [5.74, 6) is 3.54. The summed E-state index contributed by atoms with van der Waals surface area (Å²) in [6, 6.07) is 4.83. The van der Waals surface area contributed by atoms with E-state index in [1.807, 2.05) is 7.05 Å². The Balaban J connectivity index is 0.00000218. The Hall–Kier alpha value is -1.22. The minimum Gasteiger partial charge on any atom is -0.494 e. The van der Waals surface area contributed by atoms with Crippen LogP contribution in [-0.4, -0.2) is 63.0 Å². The molecule has 166 valence electrons. The third-order valence-corrected chi connectivity index (χ3v) is 6.97. The maximum Gasteiger partial charge on any atom is 0.193 e. The molecule has 3 fully saturated rings. The van der Waals surface area contributed by atoms with Crippen LogP contribution in [0.1, 0.15) is 50.2 Å². The first-order valence-corrected chi connectivity index (χ1v) is 11.1. The lowest BCUT2D eigenvalue weighted by atomic mass is 9.87. The molecule has 1 N–H and O–H groups in total. The van der Waals surface area contributed by atoms with Crippen LogP contribution >= 0.6 is 24.0 Å². The molecule has 30 heavy (non-hydrogen) atoms. The van der Waals surface area contributed by atoms with Crippen molar-refractivity contribution in [2.75, 3.05) is 40.0 Å². The van der Waals surface area contributed by atoms with Crippen LogP contribution in [0.15, 0.2) is 17.1 Å². The van der Waals surface area contributed by atoms with Crippen LogP contribution in [0.4, 0.5) is 0 Å². The Morgan fingerprint density at radius 3 is 2.97 bits per heavy atom. The predicted molar refractivity (Wildman–Crippen MR) is 129 cm³/mol. The molecule has 1 aliphatic carbocycles. The van der Waals surface area contributed by atoms with Gasteiger partial charge in [-0.05, 0) is 45.2 Å². The molecule has 2 saturated heterocycles. The van der Waals surface area contributed by atoms with Gasteiger partial charge in [0.15, 0.2) is 5.96 Å². The van der Waals surface area contributed by atoms with Crippen LogP contribution in [-0.2, 0) is 11.2 Å². The highest BCUT2D eigenvalue weighted by Crippen LogP contribution is 2.48. The van der Waals surface area contributed by atoms with Gasteiger partial charge in [-0.2, -0.15) is 0 Å². The minimum absolute atomic E-state index is 0. The van der Waals surface area contributed by atoms with Crippen molar-refractivity contribution in [1.29, 1.82) is 0 Å². The molecule has 4 unspecified atom stereocenters. The van der Waals surface area contributed by atoms with Gasteiger partial charge in [-0.25, -0.2) is 0 Å². The van der Waals surface area contributed by atoms with Crippen LogP contribution in [0.5, 0.6) is 11.5 Å². The number of rotatable bonds is 4. The van der Waals surface area contributed by atoms with Crippen LogP contribution in [0.3, 0.4) is 0 Å². The Labute approximate surface area is 196 Å². The molecule has 0 radical (unpaired) electrons. The number of halogens is 1. The average molecular weight is 527 g/mol. The number of nitrogens with one attached hydrogen (secondary N) is 1. The van der Waals surface area contributed by atoms with Gasteiger partial charge in [0.25, 0.3) is 0 Å². The van der Waals surface area contributed by atoms with E-state index in [9.17, 15) is 0 Å². The lowest BCUT2D eigenvalue weighted by Crippen LogP contribution is -2.42. The fourth-order valence-electron chi connectivity index (χ4n) is 5.27. The van der Waals surface area contributed by atoms with Gasteiger partial charge in [0, 0.05) is 61.7 Å². The molecule has 4 aliphatic rings. The number of ether oxygens (including phenoxy) is 3. The summed E-state index contributed by atoms with van der Waals surface area (Å²) >= 11 is 0. The lowest BCUT2D eigenvalue weighted by Gasteiger charge is -2.25. The largest absolute Gasteiger partial charge is 0.494 e. The highest BCUT2D eigenvalue weighted by molar-refractivity contribution is 14.0. The van der Waals surface area contributed by atoms with Gasteiger partial charge >= 0.3 is 0 Å². The maximum atomic E-state index is 6.01. The monoisotopic (exact) mass is 527 g/mol. The van der Waals surface area contributed by atoms with Gasteiger partial charge in [-0.3, -0.25) is 4.99 Å². The number of hydrogen-bond donors (Lipinski definition) is 1. The van der Waals surface area contributed by atoms with Crippen molar-refractivity contribution in [3.8, 4) is 11.5 Å².